The van der Waals surface area contributed by atoms with Crippen molar-refractivity contribution < 1.29 is 10.2 Å². The normalized spacial score (nSPS) is 31.7. The van der Waals surface area contributed by atoms with E-state index in [4.69, 9.17) is 0 Å². The van der Waals surface area contributed by atoms with Crippen LogP contribution in [0.25, 0.3) is 0 Å². The monoisotopic (exact) mass is 334 g/mol. The van der Waals surface area contributed by atoms with Crippen molar-refractivity contribution in [2.24, 2.45) is 10.8 Å². The first kappa shape index (κ1) is 18.3. The smallest absolute Gasteiger partial charge is 0.111 e. The predicted octanol–water partition coefficient (Wildman–Crippen LogP) is 6.09. The zero-order valence-electron chi connectivity index (χ0n) is 15.2. The van der Waals surface area contributed by atoms with Gasteiger partial charge in [0.05, 0.1) is 0 Å². The van der Waals surface area contributed by atoms with Crippen LogP contribution in [0.1, 0.15) is 54.4 Å². The van der Waals surface area contributed by atoms with Gasteiger partial charge in [-0.15, -0.1) is 11.8 Å². The lowest BCUT2D eigenvalue weighted by molar-refractivity contribution is 0.293. The van der Waals surface area contributed by atoms with Crippen LogP contribution in [0.15, 0.2) is 48.0 Å². The molecule has 2 rings (SSSR count). The zero-order chi connectivity index (χ0) is 17.5. The van der Waals surface area contributed by atoms with E-state index in [0.29, 0.717) is 11.5 Å². The molecule has 0 saturated heterocycles. The van der Waals surface area contributed by atoms with Crippen LogP contribution in [0.3, 0.4) is 0 Å². The van der Waals surface area contributed by atoms with Crippen molar-refractivity contribution in [1.29, 1.82) is 0 Å². The van der Waals surface area contributed by atoms with Crippen LogP contribution in [-0.4, -0.2) is 19.7 Å². The number of hydrogen-bond donors (Lipinski definition) is 2. The van der Waals surface area contributed by atoms with Crippen molar-refractivity contribution in [2.45, 2.75) is 63.9 Å². The molecule has 2 aliphatic carbocycles. The average Bonchev–Trinajstić information content (AvgIpc) is 2.42. The molecule has 0 amide bonds. The van der Waals surface area contributed by atoms with Gasteiger partial charge in [0.15, 0.2) is 0 Å². The van der Waals surface area contributed by atoms with Gasteiger partial charge in [-0.3, -0.25) is 0 Å². The Morgan fingerprint density at radius 1 is 0.783 bits per heavy atom. The Hall–Kier alpha value is -1.09. The van der Waals surface area contributed by atoms with Gasteiger partial charge in [0, 0.05) is 9.49 Å². The molecule has 2 aliphatic rings. The second kappa shape index (κ2) is 5.77. The standard InChI is InChI=1S/C20H30O2S/c1-17(2,3)19(11-7-15(21)8-12-19)23-20(18(4,5)6)13-9-16(22)10-14-20/h7-11,13,21-22H,12,14H2,1-6H3. The second-order valence-electron chi connectivity index (χ2n) is 8.71. The molecule has 2 nitrogen and oxygen atoms in total. The van der Waals surface area contributed by atoms with Crippen LogP contribution in [0.5, 0.6) is 0 Å². The SMILES string of the molecule is CC(C)(C)C1(SC2(C(C)(C)C)C=CC(O)=CC2)C=CC(O)=CC1. The molecule has 0 aromatic carbocycles. The maximum atomic E-state index is 9.78. The zero-order valence-corrected chi connectivity index (χ0v) is 16.0. The fourth-order valence-corrected chi connectivity index (χ4v) is 4.99. The highest BCUT2D eigenvalue weighted by atomic mass is 32.2. The third kappa shape index (κ3) is 3.40. The van der Waals surface area contributed by atoms with Crippen LogP contribution in [0, 0.1) is 10.8 Å². The van der Waals surface area contributed by atoms with E-state index in [-0.39, 0.29) is 20.3 Å². The van der Waals surface area contributed by atoms with Gasteiger partial charge in [-0.05, 0) is 48.0 Å². The highest BCUT2D eigenvalue weighted by Crippen LogP contribution is 2.59. The molecule has 128 valence electrons. The molecule has 0 bridgehead atoms. The van der Waals surface area contributed by atoms with Gasteiger partial charge in [-0.1, -0.05) is 53.7 Å². The minimum absolute atomic E-state index is 0.0423. The number of aliphatic hydroxyl groups excluding tert-OH is 2. The van der Waals surface area contributed by atoms with E-state index in [1.165, 1.54) is 0 Å². The Balaban J connectivity index is 2.46. The van der Waals surface area contributed by atoms with Gasteiger partial charge in [0.25, 0.3) is 0 Å². The molecule has 2 N–H and O–H groups in total. The fourth-order valence-electron chi connectivity index (χ4n) is 3.12. The lowest BCUT2D eigenvalue weighted by atomic mass is 9.75. The molecule has 2 unspecified atom stereocenters. The van der Waals surface area contributed by atoms with Crippen molar-refractivity contribution in [3.8, 4) is 0 Å². The molecule has 0 aromatic heterocycles. The fraction of sp³-hybridized carbons (Fsp3) is 0.600. The van der Waals surface area contributed by atoms with Crippen molar-refractivity contribution in [3.05, 3.63) is 48.0 Å². The summed E-state index contributed by atoms with van der Waals surface area (Å²) in [6, 6.07) is 0. The second-order valence-corrected chi connectivity index (χ2v) is 10.4. The maximum absolute atomic E-state index is 9.78. The predicted molar refractivity (Wildman–Crippen MR) is 101 cm³/mol. The molecule has 0 heterocycles. The van der Waals surface area contributed by atoms with Gasteiger partial charge in [0.2, 0.25) is 0 Å². The van der Waals surface area contributed by atoms with Crippen LogP contribution in [-0.2, 0) is 0 Å². The summed E-state index contributed by atoms with van der Waals surface area (Å²) in [5.74, 6) is 0.707. The van der Waals surface area contributed by atoms with E-state index in [1.807, 2.05) is 36.1 Å². The molecule has 0 saturated carbocycles. The van der Waals surface area contributed by atoms with Gasteiger partial charge in [-0.25, -0.2) is 0 Å². The third-order valence-electron chi connectivity index (χ3n) is 5.18. The van der Waals surface area contributed by atoms with E-state index in [1.54, 1.807) is 0 Å². The summed E-state index contributed by atoms with van der Waals surface area (Å²) < 4.78 is -0.199. The Morgan fingerprint density at radius 2 is 1.13 bits per heavy atom. The molecular formula is C20H30O2S. The van der Waals surface area contributed by atoms with E-state index < -0.39 is 0 Å². The third-order valence-corrected chi connectivity index (χ3v) is 7.74. The van der Waals surface area contributed by atoms with Crippen molar-refractivity contribution in [1.82, 2.24) is 0 Å². The Morgan fingerprint density at radius 3 is 1.35 bits per heavy atom. The number of hydrogen-bond acceptors (Lipinski definition) is 3. The number of aliphatic hydroxyl groups is 2. The van der Waals surface area contributed by atoms with Gasteiger partial charge in [0.1, 0.15) is 11.5 Å². The molecule has 0 radical (unpaired) electrons. The summed E-state index contributed by atoms with van der Waals surface area (Å²) in [5.41, 5.74) is 0.0846. The average molecular weight is 335 g/mol. The number of allylic oxidation sites excluding steroid dienone is 4. The first-order valence-electron chi connectivity index (χ1n) is 8.28. The van der Waals surface area contributed by atoms with E-state index in [0.717, 1.165) is 12.8 Å². The van der Waals surface area contributed by atoms with Crippen molar-refractivity contribution in [3.63, 3.8) is 0 Å². The maximum Gasteiger partial charge on any atom is 0.111 e. The first-order valence-corrected chi connectivity index (χ1v) is 9.09. The lowest BCUT2D eigenvalue weighted by Crippen LogP contribution is -2.48. The van der Waals surface area contributed by atoms with Gasteiger partial charge < -0.3 is 10.2 Å². The minimum atomic E-state index is -0.0996. The molecule has 23 heavy (non-hydrogen) atoms. The van der Waals surface area contributed by atoms with E-state index in [9.17, 15) is 10.2 Å². The molecule has 0 spiro atoms. The molecule has 0 aromatic rings. The summed E-state index contributed by atoms with van der Waals surface area (Å²) in [5, 5.41) is 19.6. The van der Waals surface area contributed by atoms with E-state index in [2.05, 4.69) is 53.7 Å². The summed E-state index contributed by atoms with van der Waals surface area (Å²) >= 11 is 1.97. The highest BCUT2D eigenvalue weighted by molar-refractivity contribution is 8.02. The molecule has 2 atom stereocenters. The number of thioether (sulfide) groups is 1. The minimum Gasteiger partial charge on any atom is -0.508 e. The molecular weight excluding hydrogens is 304 g/mol. The largest absolute Gasteiger partial charge is 0.508 e. The number of rotatable bonds is 2. The Bertz CT molecular complexity index is 532. The molecule has 0 fully saturated rings. The molecule has 0 aliphatic heterocycles. The molecule has 3 heteroatoms. The summed E-state index contributed by atoms with van der Waals surface area (Å²) in [6.45, 7) is 13.6. The van der Waals surface area contributed by atoms with Crippen LogP contribution in [0.4, 0.5) is 0 Å². The highest BCUT2D eigenvalue weighted by Gasteiger charge is 2.51. The Labute approximate surface area is 145 Å². The van der Waals surface area contributed by atoms with E-state index >= 15 is 0 Å². The van der Waals surface area contributed by atoms with Gasteiger partial charge in [-0.2, -0.15) is 0 Å². The van der Waals surface area contributed by atoms with Crippen LogP contribution < -0.4 is 0 Å². The van der Waals surface area contributed by atoms with Crippen molar-refractivity contribution in [2.75, 3.05) is 0 Å². The summed E-state index contributed by atoms with van der Waals surface area (Å²) in [6.07, 6.45) is 13.5. The summed E-state index contributed by atoms with van der Waals surface area (Å²) in [7, 11) is 0. The quantitative estimate of drug-likeness (QED) is 0.641. The van der Waals surface area contributed by atoms with Crippen molar-refractivity contribution >= 4 is 11.8 Å². The topological polar surface area (TPSA) is 40.5 Å². The Kier molecular flexibility index (Phi) is 4.58. The van der Waals surface area contributed by atoms with Gasteiger partial charge >= 0.3 is 0 Å². The van der Waals surface area contributed by atoms with Crippen LogP contribution >= 0.6 is 11.8 Å². The lowest BCUT2D eigenvalue weighted by Gasteiger charge is -2.53. The summed E-state index contributed by atoms with van der Waals surface area (Å²) in [4.78, 5) is 0. The first-order chi connectivity index (χ1) is 10.4. The van der Waals surface area contributed by atoms with Crippen LogP contribution in [0.2, 0.25) is 0 Å².